The van der Waals surface area contributed by atoms with E-state index in [1.807, 2.05) is 72.1 Å². The van der Waals surface area contributed by atoms with Crippen molar-refractivity contribution in [3.63, 3.8) is 0 Å². The van der Waals surface area contributed by atoms with Crippen LogP contribution in [-0.2, 0) is 23.1 Å². The largest absolute Gasteiger partial charge is 0.381 e. The second kappa shape index (κ2) is 17.7. The maximum absolute atomic E-state index is 15.1. The number of amides is 2. The van der Waals surface area contributed by atoms with Crippen molar-refractivity contribution in [1.82, 2.24) is 19.2 Å². The molecular formula is C53H54N8O3. The Bertz CT molecular complexity index is 2920. The minimum absolute atomic E-state index is 0.0949. The topological polar surface area (TPSA) is 121 Å². The Morgan fingerprint density at radius 1 is 1.00 bits per heavy atom. The van der Waals surface area contributed by atoms with Crippen LogP contribution in [0.25, 0.3) is 27.9 Å². The SMILES string of the molecule is C=Cc1c(C)cc(C2N=C3CCN(C(=O)c4cc5cc(C6CCOCC6)ccc5n4CC4=NC=CC(=C)C4C=N)CC3=C2/C=C/C(=O)N(/C=C\C)c2ccc3c(cnn3C)c2)cc1C. The highest BCUT2D eigenvalue weighted by atomic mass is 16.5. The number of rotatable bonds is 11. The molecule has 2 atom stereocenters. The average molecular weight is 851 g/mol. The Labute approximate surface area is 374 Å². The fourth-order valence-corrected chi connectivity index (χ4v) is 9.84. The number of nitrogens with one attached hydrogen (secondary N) is 1. The molecule has 3 aromatic carbocycles. The first-order valence-corrected chi connectivity index (χ1v) is 22.1. The molecule has 2 unspecified atom stereocenters. The number of anilines is 1. The van der Waals surface area contributed by atoms with Gasteiger partial charge in [-0.1, -0.05) is 49.6 Å². The number of benzene rings is 3. The summed E-state index contributed by atoms with van der Waals surface area (Å²) in [6.07, 6.45) is 18.3. The van der Waals surface area contributed by atoms with Crippen molar-refractivity contribution in [2.45, 2.75) is 58.5 Å². The van der Waals surface area contributed by atoms with E-state index in [2.05, 4.69) is 67.0 Å². The van der Waals surface area contributed by atoms with Gasteiger partial charge in [0, 0.05) is 92.2 Å². The molecule has 2 amide bonds. The van der Waals surface area contributed by atoms with Crippen molar-refractivity contribution in [2.24, 2.45) is 23.0 Å². The summed E-state index contributed by atoms with van der Waals surface area (Å²) in [6, 6.07) is 18.4. The van der Waals surface area contributed by atoms with E-state index < -0.39 is 0 Å². The van der Waals surface area contributed by atoms with E-state index in [1.165, 1.54) is 11.8 Å². The Morgan fingerprint density at radius 3 is 2.53 bits per heavy atom. The number of hydrogen-bond donors (Lipinski definition) is 1. The summed E-state index contributed by atoms with van der Waals surface area (Å²) in [5, 5.41) is 14.5. The molecule has 9 rings (SSSR count). The zero-order valence-corrected chi connectivity index (χ0v) is 37.1. The van der Waals surface area contributed by atoms with Crippen molar-refractivity contribution in [1.29, 1.82) is 5.41 Å². The van der Waals surface area contributed by atoms with Crippen molar-refractivity contribution < 1.29 is 14.3 Å². The molecule has 4 aliphatic rings. The second-order valence-corrected chi connectivity index (χ2v) is 17.2. The van der Waals surface area contributed by atoms with Crippen molar-refractivity contribution in [3.8, 4) is 0 Å². The van der Waals surface area contributed by atoms with Gasteiger partial charge in [-0.3, -0.25) is 29.2 Å². The minimum Gasteiger partial charge on any atom is -0.381 e. The number of carbonyl (C=O) groups is 2. The number of likely N-dealkylation sites (tertiary alicyclic amines) is 1. The summed E-state index contributed by atoms with van der Waals surface area (Å²) in [6.45, 7) is 16.9. The van der Waals surface area contributed by atoms with E-state index in [-0.39, 0.29) is 23.8 Å². The molecule has 6 heterocycles. The fraction of sp³-hybridized carbons (Fsp3) is 0.283. The number of hydrogen-bond acceptors (Lipinski definition) is 7. The van der Waals surface area contributed by atoms with Crippen LogP contribution >= 0.6 is 0 Å². The normalized spacial score (nSPS) is 19.2. The average Bonchev–Trinajstić information content (AvgIpc) is 3.99. The highest BCUT2D eigenvalue weighted by Crippen LogP contribution is 2.40. The highest BCUT2D eigenvalue weighted by Gasteiger charge is 2.35. The smallest absolute Gasteiger partial charge is 0.270 e. The molecule has 2 saturated heterocycles. The van der Waals surface area contributed by atoms with Crippen LogP contribution in [0.4, 0.5) is 5.69 Å². The molecule has 0 bridgehead atoms. The first-order chi connectivity index (χ1) is 31.1. The van der Waals surface area contributed by atoms with Gasteiger partial charge >= 0.3 is 0 Å². The number of allylic oxidation sites excluding steroid dienone is 3. The van der Waals surface area contributed by atoms with Crippen molar-refractivity contribution in [2.75, 3.05) is 31.2 Å². The van der Waals surface area contributed by atoms with E-state index in [0.717, 1.165) is 104 Å². The molecule has 0 aliphatic carbocycles. The fourth-order valence-electron chi connectivity index (χ4n) is 9.84. The van der Waals surface area contributed by atoms with Crippen molar-refractivity contribution in [3.05, 3.63) is 161 Å². The van der Waals surface area contributed by atoms with Crippen LogP contribution in [0.1, 0.15) is 76.5 Å². The maximum atomic E-state index is 15.1. The van der Waals surface area contributed by atoms with Gasteiger partial charge in [-0.15, -0.1) is 0 Å². The Kier molecular flexibility index (Phi) is 11.7. The number of aromatic nitrogens is 3. The third kappa shape index (κ3) is 7.85. The van der Waals surface area contributed by atoms with Crippen LogP contribution in [-0.4, -0.2) is 75.0 Å². The van der Waals surface area contributed by atoms with E-state index in [9.17, 15) is 4.79 Å². The first-order valence-electron chi connectivity index (χ1n) is 22.1. The van der Waals surface area contributed by atoms with Crippen LogP contribution in [0, 0.1) is 25.2 Å². The van der Waals surface area contributed by atoms with E-state index >= 15 is 4.79 Å². The van der Waals surface area contributed by atoms with E-state index in [4.69, 9.17) is 20.1 Å². The number of nitrogens with zero attached hydrogens (tertiary/aromatic N) is 7. The Balaban J connectivity index is 1.10. The summed E-state index contributed by atoms with van der Waals surface area (Å²) < 4.78 is 9.55. The van der Waals surface area contributed by atoms with E-state index in [0.29, 0.717) is 37.7 Å². The molecule has 324 valence electrons. The van der Waals surface area contributed by atoms with Gasteiger partial charge in [0.05, 0.1) is 29.9 Å². The van der Waals surface area contributed by atoms with Crippen LogP contribution in [0.15, 0.2) is 137 Å². The Hall–Kier alpha value is -6.98. The molecule has 0 radical (unpaired) electrons. The summed E-state index contributed by atoms with van der Waals surface area (Å²) in [5.41, 5.74) is 13.1. The molecule has 4 aliphatic heterocycles. The lowest BCUT2D eigenvalue weighted by atomic mass is 9.90. The maximum Gasteiger partial charge on any atom is 0.270 e. The molecule has 0 spiro atoms. The quantitative estimate of drug-likeness (QED) is 0.105. The zero-order chi connectivity index (χ0) is 44.6. The molecule has 2 fully saturated rings. The summed E-state index contributed by atoms with van der Waals surface area (Å²) in [7, 11) is 1.90. The second-order valence-electron chi connectivity index (χ2n) is 17.2. The van der Waals surface area contributed by atoms with Crippen LogP contribution in [0.5, 0.6) is 0 Å². The molecule has 5 aromatic rings. The molecule has 2 aromatic heterocycles. The van der Waals surface area contributed by atoms with Gasteiger partial charge in [-0.2, -0.15) is 5.10 Å². The molecule has 1 N–H and O–H groups in total. The van der Waals surface area contributed by atoms with Gasteiger partial charge in [0.2, 0.25) is 0 Å². The lowest BCUT2D eigenvalue weighted by Gasteiger charge is -2.30. The Morgan fingerprint density at radius 2 is 1.78 bits per heavy atom. The predicted octanol–water partition coefficient (Wildman–Crippen LogP) is 9.93. The monoisotopic (exact) mass is 850 g/mol. The van der Waals surface area contributed by atoms with Crippen LogP contribution < -0.4 is 4.90 Å². The summed E-state index contributed by atoms with van der Waals surface area (Å²) >= 11 is 0. The summed E-state index contributed by atoms with van der Waals surface area (Å²) in [4.78, 5) is 43.0. The zero-order valence-electron chi connectivity index (χ0n) is 37.1. The van der Waals surface area contributed by atoms with Gasteiger partial charge in [0.25, 0.3) is 11.8 Å². The number of aliphatic imine (C=N–C) groups is 2. The molecular weight excluding hydrogens is 797 g/mol. The van der Waals surface area contributed by atoms with Crippen molar-refractivity contribution >= 4 is 63.0 Å². The van der Waals surface area contributed by atoms with Gasteiger partial charge in [-0.05, 0) is 127 Å². The van der Waals surface area contributed by atoms with Crippen LogP contribution in [0.2, 0.25) is 0 Å². The molecule has 64 heavy (non-hydrogen) atoms. The molecule has 11 heteroatoms. The number of fused-ring (bicyclic) bond motifs is 3. The number of piperidine rings is 1. The highest BCUT2D eigenvalue weighted by molar-refractivity contribution is 6.09. The minimum atomic E-state index is -0.360. The lowest BCUT2D eigenvalue weighted by molar-refractivity contribution is -0.113. The number of ether oxygens (including phenoxy) is 1. The van der Waals surface area contributed by atoms with Gasteiger partial charge in [0.15, 0.2) is 0 Å². The van der Waals surface area contributed by atoms with Gasteiger partial charge in [0.1, 0.15) is 11.7 Å². The number of carbonyl (C=O) groups excluding carboxylic acids is 2. The van der Waals surface area contributed by atoms with Gasteiger partial charge in [-0.25, -0.2) is 0 Å². The standard InChI is InChI=1S/C53H54N8O3/c1-7-20-60(41-10-13-48-40(27-41)30-56-58(48)6)51(62)14-11-43-45-31-59(21-16-46(45)57-52(43)39-24-34(4)42(8-2)35(5)25-39)53(63)50-28-38-26-37(36-17-22-64-23-18-36)9-12-49(38)61(50)32-47-44(29-54)33(3)15-19-55-47/h7-15,19-20,24-30,36,44,52,54H,2-3,16-18,21-23,31-32H2,1,4-6H3/b14-11+,20-7-,54-29?. The van der Waals surface area contributed by atoms with Gasteiger partial charge < -0.3 is 19.6 Å². The molecule has 11 nitrogen and oxygen atoms in total. The lowest BCUT2D eigenvalue weighted by Crippen LogP contribution is -2.41. The third-order valence-electron chi connectivity index (χ3n) is 13.2. The summed E-state index contributed by atoms with van der Waals surface area (Å²) in [5.74, 6) is -0.263. The van der Waals surface area contributed by atoms with Crippen LogP contribution in [0.3, 0.4) is 0 Å². The predicted molar refractivity (Wildman–Crippen MR) is 259 cm³/mol. The molecule has 0 saturated carbocycles. The third-order valence-corrected chi connectivity index (χ3v) is 13.2. The first kappa shape index (κ1) is 42.3. The van der Waals surface area contributed by atoms with E-state index in [1.54, 1.807) is 29.6 Å². The number of aryl methyl sites for hydroxylation is 3.